The number of carbonyl (C=O) groups excluding carboxylic acids is 1. The third kappa shape index (κ3) is 3.16. The fraction of sp³-hybridized carbons (Fsp3) is 0.467. The number of aromatic carboxylic acids is 1. The molecule has 2 N–H and O–H groups in total. The van der Waals surface area contributed by atoms with Gasteiger partial charge in [-0.3, -0.25) is 4.79 Å². The molecule has 1 aliphatic heterocycles. The van der Waals surface area contributed by atoms with E-state index in [9.17, 15) is 14.7 Å². The molecule has 0 aliphatic carbocycles. The molecular formula is C15H20N2O4. The Bertz CT molecular complexity index is 544. The summed E-state index contributed by atoms with van der Waals surface area (Å²) in [5.74, 6) is -0.977. The minimum Gasteiger partial charge on any atom is -0.489 e. The Morgan fingerprint density at radius 2 is 2.24 bits per heavy atom. The van der Waals surface area contributed by atoms with Crippen molar-refractivity contribution in [2.75, 3.05) is 31.1 Å². The van der Waals surface area contributed by atoms with Gasteiger partial charge >= 0.3 is 5.97 Å². The number of para-hydroxylation sites is 1. The number of ether oxygens (including phenoxy) is 1. The summed E-state index contributed by atoms with van der Waals surface area (Å²) in [7, 11) is 0. The van der Waals surface area contributed by atoms with E-state index < -0.39 is 5.97 Å². The van der Waals surface area contributed by atoms with E-state index in [0.717, 1.165) is 6.54 Å². The maximum atomic E-state index is 12.5. The van der Waals surface area contributed by atoms with Crippen molar-refractivity contribution < 1.29 is 19.4 Å². The molecule has 0 spiro atoms. The van der Waals surface area contributed by atoms with Crippen molar-refractivity contribution in [2.24, 2.45) is 5.92 Å². The second kappa shape index (κ2) is 6.58. The lowest BCUT2D eigenvalue weighted by Gasteiger charge is -2.32. The number of benzene rings is 1. The molecule has 1 atom stereocenters. The zero-order valence-corrected chi connectivity index (χ0v) is 12.3. The van der Waals surface area contributed by atoms with Crippen molar-refractivity contribution >= 4 is 17.6 Å². The molecule has 0 saturated carbocycles. The first-order chi connectivity index (χ1) is 10.1. The SMILES string of the molecule is CCNCC(C)C(=O)N1CCOc2c(C(=O)O)cccc21. The number of carbonyl (C=O) groups is 2. The zero-order chi connectivity index (χ0) is 15.4. The number of anilines is 1. The first-order valence-corrected chi connectivity index (χ1v) is 7.07. The van der Waals surface area contributed by atoms with Gasteiger partial charge < -0.3 is 20.1 Å². The highest BCUT2D eigenvalue weighted by Crippen LogP contribution is 2.35. The average Bonchev–Trinajstić information content (AvgIpc) is 2.50. The van der Waals surface area contributed by atoms with Gasteiger partial charge in [0.25, 0.3) is 0 Å². The van der Waals surface area contributed by atoms with Crippen LogP contribution in [0.15, 0.2) is 18.2 Å². The molecule has 6 heteroatoms. The first kappa shape index (κ1) is 15.3. The largest absolute Gasteiger partial charge is 0.489 e. The van der Waals surface area contributed by atoms with E-state index in [2.05, 4.69) is 5.32 Å². The number of nitrogens with one attached hydrogen (secondary N) is 1. The lowest BCUT2D eigenvalue weighted by Crippen LogP contribution is -2.43. The van der Waals surface area contributed by atoms with Crippen LogP contribution in [0, 0.1) is 5.92 Å². The van der Waals surface area contributed by atoms with Crippen LogP contribution in [-0.2, 0) is 4.79 Å². The molecule has 1 aliphatic rings. The molecule has 21 heavy (non-hydrogen) atoms. The van der Waals surface area contributed by atoms with E-state index in [4.69, 9.17) is 4.74 Å². The molecule has 114 valence electrons. The van der Waals surface area contributed by atoms with Gasteiger partial charge in [-0.15, -0.1) is 0 Å². The monoisotopic (exact) mass is 292 g/mol. The van der Waals surface area contributed by atoms with E-state index in [-0.39, 0.29) is 23.1 Å². The second-order valence-corrected chi connectivity index (χ2v) is 5.01. The predicted octanol–water partition coefficient (Wildman–Crippen LogP) is 1.36. The van der Waals surface area contributed by atoms with Crippen LogP contribution < -0.4 is 15.0 Å². The summed E-state index contributed by atoms with van der Waals surface area (Å²) in [5.41, 5.74) is 0.624. The summed E-state index contributed by atoms with van der Waals surface area (Å²) in [6.07, 6.45) is 0. The van der Waals surface area contributed by atoms with Crippen LogP contribution in [0.4, 0.5) is 5.69 Å². The van der Waals surface area contributed by atoms with Crippen LogP contribution in [0.5, 0.6) is 5.75 Å². The van der Waals surface area contributed by atoms with Crippen molar-refractivity contribution in [2.45, 2.75) is 13.8 Å². The summed E-state index contributed by atoms with van der Waals surface area (Å²) < 4.78 is 5.47. The number of amides is 1. The molecule has 0 saturated heterocycles. The quantitative estimate of drug-likeness (QED) is 0.856. The van der Waals surface area contributed by atoms with Gasteiger partial charge in [-0.2, -0.15) is 0 Å². The number of rotatable bonds is 5. The fourth-order valence-electron chi connectivity index (χ4n) is 2.36. The highest BCUT2D eigenvalue weighted by Gasteiger charge is 2.29. The van der Waals surface area contributed by atoms with Crippen molar-refractivity contribution in [3.05, 3.63) is 23.8 Å². The smallest absolute Gasteiger partial charge is 0.339 e. The highest BCUT2D eigenvalue weighted by atomic mass is 16.5. The summed E-state index contributed by atoms with van der Waals surface area (Å²) in [4.78, 5) is 25.4. The molecule has 1 heterocycles. The van der Waals surface area contributed by atoms with Crippen LogP contribution in [0.25, 0.3) is 0 Å². The van der Waals surface area contributed by atoms with Crippen molar-refractivity contribution in [3.8, 4) is 5.75 Å². The molecule has 2 rings (SSSR count). The zero-order valence-electron chi connectivity index (χ0n) is 12.3. The Kier molecular flexibility index (Phi) is 4.80. The van der Waals surface area contributed by atoms with Crippen LogP contribution in [0.3, 0.4) is 0 Å². The molecule has 0 aromatic heterocycles. The number of hydrogen-bond acceptors (Lipinski definition) is 4. The standard InChI is InChI=1S/C15H20N2O4/c1-3-16-9-10(2)14(18)17-7-8-21-13-11(15(19)20)5-4-6-12(13)17/h4-6,10,16H,3,7-9H2,1-2H3,(H,19,20). The maximum Gasteiger partial charge on any atom is 0.339 e. The predicted molar refractivity (Wildman–Crippen MR) is 79.0 cm³/mol. The van der Waals surface area contributed by atoms with Crippen LogP contribution >= 0.6 is 0 Å². The van der Waals surface area contributed by atoms with Gasteiger partial charge in [0.15, 0.2) is 5.75 Å². The summed E-state index contributed by atoms with van der Waals surface area (Å²) in [5, 5.41) is 12.3. The number of carboxylic acids is 1. The molecule has 0 bridgehead atoms. The van der Waals surface area contributed by atoms with Crippen molar-refractivity contribution in [3.63, 3.8) is 0 Å². The van der Waals surface area contributed by atoms with Gasteiger partial charge in [0.2, 0.25) is 5.91 Å². The van der Waals surface area contributed by atoms with E-state index in [1.807, 2.05) is 13.8 Å². The fourth-order valence-corrected chi connectivity index (χ4v) is 2.36. The molecule has 0 radical (unpaired) electrons. The Morgan fingerprint density at radius 1 is 1.48 bits per heavy atom. The molecule has 0 fully saturated rings. The van der Waals surface area contributed by atoms with Gasteiger partial charge in [0.1, 0.15) is 12.2 Å². The van der Waals surface area contributed by atoms with Crippen LogP contribution in [0.1, 0.15) is 24.2 Å². The average molecular weight is 292 g/mol. The number of carboxylic acid groups (broad SMARTS) is 1. The van der Waals surface area contributed by atoms with Gasteiger partial charge in [0.05, 0.1) is 12.2 Å². The lowest BCUT2D eigenvalue weighted by molar-refractivity contribution is -0.122. The van der Waals surface area contributed by atoms with Gasteiger partial charge in [0, 0.05) is 12.5 Å². The van der Waals surface area contributed by atoms with E-state index in [0.29, 0.717) is 25.4 Å². The third-order valence-electron chi connectivity index (χ3n) is 3.46. The maximum absolute atomic E-state index is 12.5. The number of nitrogens with zero attached hydrogens (tertiary/aromatic N) is 1. The van der Waals surface area contributed by atoms with Gasteiger partial charge in [-0.05, 0) is 18.7 Å². The van der Waals surface area contributed by atoms with Crippen LogP contribution in [-0.4, -0.2) is 43.2 Å². The first-order valence-electron chi connectivity index (χ1n) is 7.07. The molecule has 1 aromatic carbocycles. The Labute approximate surface area is 123 Å². The Morgan fingerprint density at radius 3 is 2.90 bits per heavy atom. The van der Waals surface area contributed by atoms with E-state index in [1.54, 1.807) is 17.0 Å². The minimum atomic E-state index is -1.05. The topological polar surface area (TPSA) is 78.9 Å². The van der Waals surface area contributed by atoms with E-state index >= 15 is 0 Å². The van der Waals surface area contributed by atoms with Gasteiger partial charge in [-0.25, -0.2) is 4.79 Å². The summed E-state index contributed by atoms with van der Waals surface area (Å²) in [6, 6.07) is 4.84. The van der Waals surface area contributed by atoms with Crippen molar-refractivity contribution in [1.82, 2.24) is 5.32 Å². The second-order valence-electron chi connectivity index (χ2n) is 5.01. The van der Waals surface area contributed by atoms with Gasteiger partial charge in [-0.1, -0.05) is 19.9 Å². The molecule has 1 aromatic rings. The molecule has 1 amide bonds. The summed E-state index contributed by atoms with van der Waals surface area (Å²) in [6.45, 7) is 5.99. The highest BCUT2D eigenvalue weighted by molar-refractivity contribution is 6.00. The van der Waals surface area contributed by atoms with E-state index in [1.165, 1.54) is 6.07 Å². The summed E-state index contributed by atoms with van der Waals surface area (Å²) >= 11 is 0. The molecular weight excluding hydrogens is 272 g/mol. The lowest BCUT2D eigenvalue weighted by atomic mass is 10.1. The Hall–Kier alpha value is -2.08. The molecule has 1 unspecified atom stereocenters. The number of hydrogen-bond donors (Lipinski definition) is 2. The molecule has 6 nitrogen and oxygen atoms in total. The normalized spacial score (nSPS) is 15.0. The number of fused-ring (bicyclic) bond motifs is 1. The van der Waals surface area contributed by atoms with Crippen molar-refractivity contribution in [1.29, 1.82) is 0 Å². The Balaban J connectivity index is 2.28. The third-order valence-corrected chi connectivity index (χ3v) is 3.46. The minimum absolute atomic E-state index is 0.0250. The van der Waals surface area contributed by atoms with Crippen LogP contribution in [0.2, 0.25) is 0 Å².